The quantitative estimate of drug-likeness (QED) is 0.663. The molecule has 0 radical (unpaired) electrons. The Morgan fingerprint density at radius 3 is 2.48 bits per heavy atom. The van der Waals surface area contributed by atoms with Crippen LogP contribution in [-0.4, -0.2) is 53.8 Å². The number of anilines is 1. The van der Waals surface area contributed by atoms with Crippen LogP contribution in [0.3, 0.4) is 0 Å². The van der Waals surface area contributed by atoms with E-state index in [-0.39, 0.29) is 17.0 Å². The molecule has 2 aromatic carbocycles. The third kappa shape index (κ3) is 4.13. The highest BCUT2D eigenvalue weighted by Crippen LogP contribution is 2.27. The van der Waals surface area contributed by atoms with Crippen molar-refractivity contribution in [1.82, 2.24) is 9.47 Å². The van der Waals surface area contributed by atoms with Gasteiger partial charge in [0.25, 0.3) is 0 Å². The van der Waals surface area contributed by atoms with Gasteiger partial charge in [-0.1, -0.05) is 17.7 Å². The van der Waals surface area contributed by atoms with Crippen LogP contribution in [0.15, 0.2) is 41.3 Å². The van der Waals surface area contributed by atoms with Crippen molar-refractivity contribution in [2.24, 2.45) is 0 Å². The van der Waals surface area contributed by atoms with Gasteiger partial charge in [-0.05, 0) is 36.9 Å². The van der Waals surface area contributed by atoms with E-state index in [9.17, 15) is 23.5 Å². The first-order chi connectivity index (χ1) is 14.7. The molecule has 1 aliphatic rings. The van der Waals surface area contributed by atoms with Gasteiger partial charge in [0.05, 0.1) is 11.2 Å². The lowest BCUT2D eigenvalue weighted by atomic mass is 10.1. The molecule has 0 atom stereocenters. The normalized spacial score (nSPS) is 14.9. The molecule has 3 aromatic rings. The lowest BCUT2D eigenvalue weighted by Gasteiger charge is -2.34. The third-order valence-corrected chi connectivity index (χ3v) is 5.93. The zero-order valence-corrected chi connectivity index (χ0v) is 17.5. The average Bonchev–Trinajstić information content (AvgIpc) is 2.72. The number of aromatic carboxylic acids is 1. The van der Waals surface area contributed by atoms with Crippen LogP contribution in [0.5, 0.6) is 0 Å². The smallest absolute Gasteiger partial charge is 0.341 e. The Balaban J connectivity index is 1.89. The Hall–Kier alpha value is -2.97. The largest absolute Gasteiger partial charge is 0.477 e. The van der Waals surface area contributed by atoms with E-state index in [0.717, 1.165) is 25.2 Å². The van der Waals surface area contributed by atoms with Crippen LogP contribution in [0.25, 0.3) is 10.9 Å². The highest BCUT2D eigenvalue weighted by molar-refractivity contribution is 6.31. The predicted molar refractivity (Wildman–Crippen MR) is 115 cm³/mol. The fraction of sp³-hybridized carbons (Fsp3) is 0.273. The van der Waals surface area contributed by atoms with Gasteiger partial charge in [0.2, 0.25) is 5.43 Å². The topological polar surface area (TPSA) is 65.8 Å². The molecule has 1 fully saturated rings. The van der Waals surface area contributed by atoms with Crippen LogP contribution in [0.2, 0.25) is 5.02 Å². The molecule has 31 heavy (non-hydrogen) atoms. The number of benzene rings is 2. The van der Waals surface area contributed by atoms with E-state index in [2.05, 4.69) is 4.90 Å². The standard InChI is InChI=1S/C22H20ClF2N3O3/c1-26-4-6-27(7-5-26)20-10-19-15(9-18(20)25)21(29)16(22(30)31)12-28(19)11-13-2-3-14(24)8-17(13)23/h2-3,8-10,12H,4-7,11H2,1H3,(H,30,31). The Morgan fingerprint density at radius 1 is 1.13 bits per heavy atom. The summed E-state index contributed by atoms with van der Waals surface area (Å²) in [6.45, 7) is 2.88. The van der Waals surface area contributed by atoms with Crippen molar-refractivity contribution < 1.29 is 18.7 Å². The van der Waals surface area contributed by atoms with Crippen LogP contribution < -0.4 is 10.3 Å². The molecule has 0 saturated carbocycles. The van der Waals surface area contributed by atoms with Gasteiger partial charge < -0.3 is 19.5 Å². The molecule has 0 unspecified atom stereocenters. The fourth-order valence-corrected chi connectivity index (χ4v) is 4.03. The predicted octanol–water partition coefficient (Wildman–Crippen LogP) is 3.43. The van der Waals surface area contributed by atoms with Gasteiger partial charge in [-0.3, -0.25) is 4.79 Å². The molecule has 0 aliphatic carbocycles. The van der Waals surface area contributed by atoms with E-state index in [4.69, 9.17) is 11.6 Å². The van der Waals surface area contributed by atoms with Crippen LogP contribution in [0.4, 0.5) is 14.5 Å². The molecular weight excluding hydrogens is 428 g/mol. The summed E-state index contributed by atoms with van der Waals surface area (Å²) in [5, 5.41) is 9.60. The molecule has 0 amide bonds. The van der Waals surface area contributed by atoms with Crippen molar-refractivity contribution in [2.45, 2.75) is 6.54 Å². The zero-order valence-electron chi connectivity index (χ0n) is 16.7. The van der Waals surface area contributed by atoms with Gasteiger partial charge in [0.15, 0.2) is 0 Å². The van der Waals surface area contributed by atoms with Crippen LogP contribution >= 0.6 is 11.6 Å². The van der Waals surface area contributed by atoms with E-state index in [1.165, 1.54) is 22.9 Å². The number of pyridine rings is 1. The number of carboxylic acids is 1. The number of nitrogens with zero attached hydrogens (tertiary/aromatic N) is 3. The number of piperazine rings is 1. The first-order valence-electron chi connectivity index (χ1n) is 9.72. The summed E-state index contributed by atoms with van der Waals surface area (Å²) in [5.74, 6) is -2.48. The number of carbonyl (C=O) groups is 1. The molecule has 9 heteroatoms. The second-order valence-corrected chi connectivity index (χ2v) is 8.06. The molecule has 162 valence electrons. The molecule has 1 saturated heterocycles. The van der Waals surface area contributed by atoms with E-state index >= 15 is 0 Å². The van der Waals surface area contributed by atoms with E-state index in [1.807, 2.05) is 11.9 Å². The summed E-state index contributed by atoms with van der Waals surface area (Å²) >= 11 is 6.15. The number of carboxylic acid groups (broad SMARTS) is 1. The van der Waals surface area contributed by atoms with Gasteiger partial charge in [-0.2, -0.15) is 0 Å². The monoisotopic (exact) mass is 447 g/mol. The number of fused-ring (bicyclic) bond motifs is 1. The lowest BCUT2D eigenvalue weighted by molar-refractivity contribution is 0.0695. The maximum absolute atomic E-state index is 15.0. The molecule has 0 spiro atoms. The number of hydrogen-bond acceptors (Lipinski definition) is 4. The minimum atomic E-state index is -1.41. The Bertz CT molecular complexity index is 1240. The average molecular weight is 448 g/mol. The van der Waals surface area contributed by atoms with E-state index in [0.29, 0.717) is 29.9 Å². The SMILES string of the molecule is CN1CCN(c2cc3c(cc2F)c(=O)c(C(=O)O)cn3Cc2ccc(F)cc2Cl)CC1. The van der Waals surface area contributed by atoms with Crippen molar-refractivity contribution in [1.29, 1.82) is 0 Å². The molecule has 0 bridgehead atoms. The molecule has 1 aliphatic heterocycles. The summed E-state index contributed by atoms with van der Waals surface area (Å²) in [4.78, 5) is 28.4. The van der Waals surface area contributed by atoms with Crippen molar-refractivity contribution in [2.75, 3.05) is 38.1 Å². The van der Waals surface area contributed by atoms with Crippen LogP contribution in [0, 0.1) is 11.6 Å². The maximum Gasteiger partial charge on any atom is 0.341 e. The number of aromatic nitrogens is 1. The Kier molecular flexibility index (Phi) is 5.68. The molecule has 2 heterocycles. The molecule has 1 N–H and O–H groups in total. The molecule has 6 nitrogen and oxygen atoms in total. The summed E-state index contributed by atoms with van der Waals surface area (Å²) in [6, 6.07) is 6.57. The Labute approximate surface area is 181 Å². The van der Waals surface area contributed by atoms with Crippen LogP contribution in [-0.2, 0) is 6.54 Å². The molecular formula is C22H20ClF2N3O3. The van der Waals surface area contributed by atoms with Crippen LogP contribution in [0.1, 0.15) is 15.9 Å². The second kappa shape index (κ2) is 8.28. The highest BCUT2D eigenvalue weighted by Gasteiger charge is 2.22. The van der Waals surface area contributed by atoms with Gasteiger partial charge in [0.1, 0.15) is 17.2 Å². The number of halogens is 3. The molecule has 4 rings (SSSR count). The number of likely N-dealkylation sites (N-methyl/N-ethyl adjacent to an activating group) is 1. The van der Waals surface area contributed by atoms with Crippen molar-refractivity contribution >= 4 is 34.2 Å². The summed E-state index contributed by atoms with van der Waals surface area (Å²) in [7, 11) is 1.99. The summed E-state index contributed by atoms with van der Waals surface area (Å²) < 4.78 is 29.9. The summed E-state index contributed by atoms with van der Waals surface area (Å²) in [6.07, 6.45) is 1.22. The minimum absolute atomic E-state index is 0.0338. The number of rotatable bonds is 4. The second-order valence-electron chi connectivity index (χ2n) is 7.65. The van der Waals surface area contributed by atoms with Gasteiger partial charge in [-0.15, -0.1) is 0 Å². The third-order valence-electron chi connectivity index (χ3n) is 5.58. The van der Waals surface area contributed by atoms with Crippen molar-refractivity contribution in [3.8, 4) is 0 Å². The molecule has 1 aromatic heterocycles. The van der Waals surface area contributed by atoms with Gasteiger partial charge in [0, 0.05) is 49.3 Å². The summed E-state index contributed by atoms with van der Waals surface area (Å²) in [5.41, 5.74) is 0.0350. The first-order valence-corrected chi connectivity index (χ1v) is 10.1. The maximum atomic E-state index is 15.0. The first kappa shape index (κ1) is 21.3. The van der Waals surface area contributed by atoms with Crippen molar-refractivity contribution in [3.05, 3.63) is 74.5 Å². The van der Waals surface area contributed by atoms with E-state index < -0.39 is 28.6 Å². The lowest BCUT2D eigenvalue weighted by Crippen LogP contribution is -2.44. The van der Waals surface area contributed by atoms with Crippen molar-refractivity contribution in [3.63, 3.8) is 0 Å². The fourth-order valence-electron chi connectivity index (χ4n) is 3.81. The zero-order chi connectivity index (χ0) is 22.3. The van der Waals surface area contributed by atoms with E-state index in [1.54, 1.807) is 6.07 Å². The van der Waals surface area contributed by atoms with Gasteiger partial charge >= 0.3 is 5.97 Å². The Morgan fingerprint density at radius 2 is 1.84 bits per heavy atom. The van der Waals surface area contributed by atoms with Gasteiger partial charge in [-0.25, -0.2) is 13.6 Å². The minimum Gasteiger partial charge on any atom is -0.477 e. The highest BCUT2D eigenvalue weighted by atomic mass is 35.5. The number of hydrogen-bond donors (Lipinski definition) is 1.